The highest BCUT2D eigenvalue weighted by molar-refractivity contribution is 5.42. The second kappa shape index (κ2) is 5.66. The highest BCUT2D eigenvalue weighted by Gasteiger charge is 2.31. The second-order valence-corrected chi connectivity index (χ2v) is 6.72. The van der Waals surface area contributed by atoms with Gasteiger partial charge in [0.1, 0.15) is 0 Å². The molecule has 1 fully saturated rings. The van der Waals surface area contributed by atoms with Gasteiger partial charge in [-0.1, -0.05) is 0 Å². The van der Waals surface area contributed by atoms with Crippen LogP contribution in [0.15, 0.2) is 12.3 Å². The van der Waals surface area contributed by atoms with Gasteiger partial charge in [-0.3, -0.25) is 0 Å². The van der Waals surface area contributed by atoms with Crippen molar-refractivity contribution in [3.8, 4) is 0 Å². The van der Waals surface area contributed by atoms with Gasteiger partial charge in [-0.15, -0.1) is 0 Å². The molecular formula is C15H24FN3O. The number of hydrogen-bond donors (Lipinski definition) is 2. The summed E-state index contributed by atoms with van der Waals surface area (Å²) in [4.78, 5) is 4.12. The third kappa shape index (κ3) is 3.90. The molecular weight excluding hydrogens is 257 g/mol. The van der Waals surface area contributed by atoms with Crippen molar-refractivity contribution in [3.63, 3.8) is 0 Å². The lowest BCUT2D eigenvalue weighted by molar-refractivity contribution is 0.185. The van der Waals surface area contributed by atoms with E-state index in [1.54, 1.807) is 12.3 Å². The van der Waals surface area contributed by atoms with E-state index in [0.29, 0.717) is 31.1 Å². The Bertz CT molecular complexity index is 465. The van der Waals surface area contributed by atoms with E-state index >= 15 is 0 Å². The van der Waals surface area contributed by atoms with Crippen molar-refractivity contribution < 1.29 is 9.13 Å². The number of pyridine rings is 1. The third-order valence-corrected chi connectivity index (χ3v) is 3.42. The minimum Gasteiger partial charge on any atom is -0.379 e. The van der Waals surface area contributed by atoms with Crippen LogP contribution in [0.3, 0.4) is 0 Å². The van der Waals surface area contributed by atoms with Gasteiger partial charge in [0.15, 0.2) is 11.6 Å². The van der Waals surface area contributed by atoms with Gasteiger partial charge in [0.25, 0.3) is 0 Å². The minimum atomic E-state index is -0.280. The first-order chi connectivity index (χ1) is 9.29. The summed E-state index contributed by atoms with van der Waals surface area (Å²) in [5.41, 5.74) is 0.346. The van der Waals surface area contributed by atoms with Crippen molar-refractivity contribution in [2.75, 3.05) is 18.5 Å². The summed E-state index contributed by atoms with van der Waals surface area (Å²) in [6, 6.07) is 1.72. The van der Waals surface area contributed by atoms with Gasteiger partial charge in [0, 0.05) is 30.5 Å². The van der Waals surface area contributed by atoms with Crippen LogP contribution in [0.5, 0.6) is 0 Å². The van der Waals surface area contributed by atoms with Gasteiger partial charge in [-0.25, -0.2) is 9.37 Å². The van der Waals surface area contributed by atoms with E-state index in [-0.39, 0.29) is 16.9 Å². The third-order valence-electron chi connectivity index (χ3n) is 3.42. The van der Waals surface area contributed by atoms with Gasteiger partial charge in [0.05, 0.1) is 12.1 Å². The van der Waals surface area contributed by atoms with Gasteiger partial charge < -0.3 is 15.4 Å². The zero-order valence-corrected chi connectivity index (χ0v) is 12.7. The molecule has 1 aromatic heterocycles. The zero-order valence-electron chi connectivity index (χ0n) is 12.7. The Labute approximate surface area is 120 Å². The molecule has 2 heterocycles. The maximum absolute atomic E-state index is 14.5. The lowest BCUT2D eigenvalue weighted by Crippen LogP contribution is -2.37. The number of anilines is 1. The Kier molecular flexibility index (Phi) is 4.30. The zero-order chi connectivity index (χ0) is 14.8. The maximum atomic E-state index is 14.5. The fourth-order valence-corrected chi connectivity index (χ4v) is 2.12. The van der Waals surface area contributed by atoms with Crippen molar-refractivity contribution in [1.82, 2.24) is 10.3 Å². The Morgan fingerprint density at radius 1 is 1.45 bits per heavy atom. The molecule has 0 aromatic carbocycles. The maximum Gasteiger partial charge on any atom is 0.169 e. The molecule has 5 heteroatoms. The summed E-state index contributed by atoms with van der Waals surface area (Å²) in [5.74, 6) is 0.0311. The predicted molar refractivity (Wildman–Crippen MR) is 78.3 cm³/mol. The Morgan fingerprint density at radius 2 is 2.20 bits per heavy atom. The van der Waals surface area contributed by atoms with Gasteiger partial charge in [0.2, 0.25) is 0 Å². The molecule has 2 N–H and O–H groups in total. The van der Waals surface area contributed by atoms with Gasteiger partial charge in [-0.2, -0.15) is 0 Å². The number of hydrogen-bond acceptors (Lipinski definition) is 4. The van der Waals surface area contributed by atoms with Gasteiger partial charge in [-0.05, 0) is 40.2 Å². The fourth-order valence-electron chi connectivity index (χ4n) is 2.12. The summed E-state index contributed by atoms with van der Waals surface area (Å²) in [7, 11) is 0. The monoisotopic (exact) mass is 281 g/mol. The largest absolute Gasteiger partial charge is 0.379 e. The number of nitrogens with one attached hydrogen (secondary N) is 2. The van der Waals surface area contributed by atoms with Crippen LogP contribution in [0.4, 0.5) is 10.2 Å². The number of ether oxygens (including phenoxy) is 1. The molecule has 0 bridgehead atoms. The Balaban J connectivity index is 2.10. The van der Waals surface area contributed by atoms with Crippen molar-refractivity contribution in [1.29, 1.82) is 0 Å². The molecule has 1 atom stereocenters. The molecule has 1 unspecified atom stereocenters. The molecule has 112 valence electrons. The lowest BCUT2D eigenvalue weighted by Gasteiger charge is -2.25. The summed E-state index contributed by atoms with van der Waals surface area (Å²) >= 11 is 0. The molecule has 0 aliphatic carbocycles. The molecule has 0 amide bonds. The van der Waals surface area contributed by atoms with Crippen LogP contribution in [0.25, 0.3) is 0 Å². The molecule has 1 aliphatic rings. The average Bonchev–Trinajstić information content (AvgIpc) is 2.76. The van der Waals surface area contributed by atoms with E-state index < -0.39 is 0 Å². The van der Waals surface area contributed by atoms with E-state index in [2.05, 4.69) is 36.4 Å². The van der Waals surface area contributed by atoms with Crippen LogP contribution < -0.4 is 10.6 Å². The molecule has 20 heavy (non-hydrogen) atoms. The quantitative estimate of drug-likeness (QED) is 0.891. The van der Waals surface area contributed by atoms with Crippen LogP contribution in [0.2, 0.25) is 0 Å². The van der Waals surface area contributed by atoms with E-state index in [1.807, 2.05) is 6.92 Å². The summed E-state index contributed by atoms with van der Waals surface area (Å²) in [5, 5.41) is 6.47. The number of aromatic nitrogens is 1. The topological polar surface area (TPSA) is 46.2 Å². The fraction of sp³-hybridized carbons (Fsp3) is 0.667. The van der Waals surface area contributed by atoms with Gasteiger partial charge >= 0.3 is 0 Å². The number of halogens is 1. The first-order valence-corrected chi connectivity index (χ1v) is 7.03. The molecule has 1 saturated heterocycles. The average molecular weight is 281 g/mol. The number of nitrogens with zero attached hydrogens (tertiary/aromatic N) is 1. The molecule has 4 nitrogen and oxygen atoms in total. The van der Waals surface area contributed by atoms with Crippen molar-refractivity contribution in [2.45, 2.75) is 51.7 Å². The van der Waals surface area contributed by atoms with Crippen LogP contribution >= 0.6 is 0 Å². The highest BCUT2D eigenvalue weighted by atomic mass is 19.1. The van der Waals surface area contributed by atoms with Crippen molar-refractivity contribution in [3.05, 3.63) is 23.6 Å². The van der Waals surface area contributed by atoms with Crippen LogP contribution in [0.1, 0.15) is 39.7 Å². The lowest BCUT2D eigenvalue weighted by atomic mass is 10.0. The molecule has 0 spiro atoms. The Hall–Kier alpha value is -1.20. The van der Waals surface area contributed by atoms with Crippen LogP contribution in [-0.2, 0) is 11.3 Å². The Morgan fingerprint density at radius 3 is 2.80 bits per heavy atom. The standard InChI is InChI=1S/C15H24FN3O/c1-14(2,3)18-9-11-5-7-17-13(12(11)16)19-15(4)6-8-20-10-15/h5,7,18H,6,8-10H2,1-4H3,(H,17,19). The first kappa shape index (κ1) is 15.2. The normalized spacial score (nSPS) is 23.1. The summed E-state index contributed by atoms with van der Waals surface area (Å²) < 4.78 is 19.8. The molecule has 0 saturated carbocycles. The second-order valence-electron chi connectivity index (χ2n) is 6.72. The predicted octanol–water partition coefficient (Wildman–Crippen LogP) is 2.70. The molecule has 1 aromatic rings. The van der Waals surface area contributed by atoms with E-state index in [4.69, 9.17) is 4.74 Å². The van der Waals surface area contributed by atoms with E-state index in [1.165, 1.54) is 0 Å². The minimum absolute atomic E-state index is 0.0471. The van der Waals surface area contributed by atoms with E-state index in [0.717, 1.165) is 6.42 Å². The number of rotatable bonds is 4. The highest BCUT2D eigenvalue weighted by Crippen LogP contribution is 2.25. The summed E-state index contributed by atoms with van der Waals surface area (Å²) in [6.45, 7) is 9.97. The van der Waals surface area contributed by atoms with Crippen molar-refractivity contribution in [2.24, 2.45) is 0 Å². The summed E-state index contributed by atoms with van der Waals surface area (Å²) in [6.07, 6.45) is 2.50. The van der Waals surface area contributed by atoms with Crippen molar-refractivity contribution >= 4 is 5.82 Å². The molecule has 2 rings (SSSR count). The molecule has 1 aliphatic heterocycles. The smallest absolute Gasteiger partial charge is 0.169 e. The first-order valence-electron chi connectivity index (χ1n) is 7.03. The van der Waals surface area contributed by atoms with Crippen LogP contribution in [-0.4, -0.2) is 29.3 Å². The molecule has 0 radical (unpaired) electrons. The van der Waals surface area contributed by atoms with E-state index in [9.17, 15) is 4.39 Å². The van der Waals surface area contributed by atoms with Crippen LogP contribution in [0, 0.1) is 5.82 Å². The SMILES string of the molecule is CC(C)(C)NCc1ccnc(NC2(C)CCOC2)c1F.